The first-order valence-corrected chi connectivity index (χ1v) is 5.28. The largest absolute Gasteiger partial charge is 0.469 e. The van der Waals surface area contributed by atoms with Crippen molar-refractivity contribution in [3.05, 3.63) is 59.5 Å². The molecule has 2 aromatic rings. The molecule has 0 N–H and O–H groups in total. The van der Waals surface area contributed by atoms with E-state index >= 15 is 0 Å². The summed E-state index contributed by atoms with van der Waals surface area (Å²) in [6.07, 6.45) is 2.69. The third kappa shape index (κ3) is 4.50. The quantitative estimate of drug-likeness (QED) is 0.677. The molecule has 0 aliphatic heterocycles. The molecule has 1 aromatic heterocycles. The van der Waals surface area contributed by atoms with Gasteiger partial charge in [0, 0.05) is 6.42 Å². The molecule has 1 heteroatoms. The maximum atomic E-state index is 4.98. The van der Waals surface area contributed by atoms with Crippen LogP contribution in [0.15, 0.2) is 47.1 Å². The van der Waals surface area contributed by atoms with Crippen LogP contribution in [0.25, 0.3) is 0 Å². The van der Waals surface area contributed by atoms with E-state index in [2.05, 4.69) is 45.0 Å². The van der Waals surface area contributed by atoms with Gasteiger partial charge in [-0.1, -0.05) is 42.3 Å². The van der Waals surface area contributed by atoms with E-state index in [1.54, 1.807) is 6.26 Å². The van der Waals surface area contributed by atoms with Crippen LogP contribution in [0.4, 0.5) is 0 Å². The Labute approximate surface area is 91.7 Å². The lowest BCUT2D eigenvalue weighted by Crippen LogP contribution is -1.70. The average Bonchev–Trinajstić information content (AvgIpc) is 2.76. The van der Waals surface area contributed by atoms with Gasteiger partial charge in [0.2, 0.25) is 0 Å². The summed E-state index contributed by atoms with van der Waals surface area (Å²) in [5, 5.41) is 0. The van der Waals surface area contributed by atoms with Gasteiger partial charge < -0.3 is 4.42 Å². The number of hydrogen-bond acceptors (Lipinski definition) is 1. The second-order valence-corrected chi connectivity index (χ2v) is 3.59. The Hall–Kier alpha value is -1.50. The highest BCUT2D eigenvalue weighted by atomic mass is 16.3. The summed E-state index contributed by atoms with van der Waals surface area (Å²) in [5.74, 6) is 1.06. The van der Waals surface area contributed by atoms with Crippen LogP contribution in [0, 0.1) is 13.8 Å². The number of furan rings is 1. The van der Waals surface area contributed by atoms with E-state index in [-0.39, 0.29) is 0 Å². The zero-order valence-corrected chi connectivity index (χ0v) is 9.66. The molecule has 0 radical (unpaired) electrons. The maximum Gasteiger partial charge on any atom is 0.103 e. The number of aryl methyl sites for hydroxylation is 3. The van der Waals surface area contributed by atoms with Gasteiger partial charge in [-0.05, 0) is 26.0 Å². The van der Waals surface area contributed by atoms with Gasteiger partial charge in [-0.25, -0.2) is 0 Å². The fourth-order valence-corrected chi connectivity index (χ4v) is 1.15. The summed E-state index contributed by atoms with van der Waals surface area (Å²) in [5.41, 5.74) is 2.66. The topological polar surface area (TPSA) is 13.1 Å². The predicted molar refractivity (Wildman–Crippen MR) is 64.0 cm³/mol. The minimum atomic E-state index is 0.993. The average molecular weight is 202 g/mol. The summed E-state index contributed by atoms with van der Waals surface area (Å²) in [6, 6.07) is 12.4. The molecule has 0 fully saturated rings. The van der Waals surface area contributed by atoms with Gasteiger partial charge in [0.15, 0.2) is 0 Å². The van der Waals surface area contributed by atoms with Gasteiger partial charge in [-0.3, -0.25) is 0 Å². The molecular formula is C14H18O. The highest BCUT2D eigenvalue weighted by Gasteiger charge is 1.84. The van der Waals surface area contributed by atoms with Crippen LogP contribution in [0.2, 0.25) is 0 Å². The SMILES string of the molecule is CCc1ccco1.Cc1ccc(C)cc1. The fraction of sp³-hybridized carbons (Fsp3) is 0.286. The van der Waals surface area contributed by atoms with Crippen molar-refractivity contribution < 1.29 is 4.42 Å². The zero-order valence-electron chi connectivity index (χ0n) is 9.66. The molecule has 0 saturated heterocycles. The van der Waals surface area contributed by atoms with Crippen molar-refractivity contribution in [2.24, 2.45) is 0 Å². The summed E-state index contributed by atoms with van der Waals surface area (Å²) in [6.45, 7) is 6.26. The third-order valence-corrected chi connectivity index (χ3v) is 2.15. The van der Waals surface area contributed by atoms with Crippen molar-refractivity contribution in [2.75, 3.05) is 0 Å². The Morgan fingerprint density at radius 3 is 1.73 bits per heavy atom. The van der Waals surface area contributed by atoms with Crippen molar-refractivity contribution >= 4 is 0 Å². The van der Waals surface area contributed by atoms with Crippen LogP contribution in [0.1, 0.15) is 23.8 Å². The van der Waals surface area contributed by atoms with E-state index in [1.807, 2.05) is 12.1 Å². The molecule has 15 heavy (non-hydrogen) atoms. The van der Waals surface area contributed by atoms with E-state index in [4.69, 9.17) is 4.42 Å². The number of rotatable bonds is 1. The molecular weight excluding hydrogens is 184 g/mol. The molecule has 0 bridgehead atoms. The Bertz CT molecular complexity index is 336. The minimum Gasteiger partial charge on any atom is -0.469 e. The number of benzene rings is 1. The van der Waals surface area contributed by atoms with Gasteiger partial charge in [0.05, 0.1) is 6.26 Å². The van der Waals surface area contributed by atoms with E-state index in [1.165, 1.54) is 11.1 Å². The molecule has 0 aliphatic carbocycles. The number of hydrogen-bond donors (Lipinski definition) is 0. The smallest absolute Gasteiger partial charge is 0.103 e. The van der Waals surface area contributed by atoms with Crippen LogP contribution in [-0.2, 0) is 6.42 Å². The van der Waals surface area contributed by atoms with Crippen molar-refractivity contribution in [1.82, 2.24) is 0 Å². The van der Waals surface area contributed by atoms with Crippen molar-refractivity contribution in [3.63, 3.8) is 0 Å². The summed E-state index contributed by atoms with van der Waals surface area (Å²) < 4.78 is 4.98. The Morgan fingerprint density at radius 1 is 0.933 bits per heavy atom. The Morgan fingerprint density at radius 2 is 1.47 bits per heavy atom. The standard InChI is InChI=1S/C8H10.C6H8O/c1-7-3-5-8(2)6-4-7;1-2-6-4-3-5-7-6/h3-6H,1-2H3;3-5H,2H2,1H3. The van der Waals surface area contributed by atoms with Crippen LogP contribution in [0.3, 0.4) is 0 Å². The molecule has 0 aliphatic rings. The van der Waals surface area contributed by atoms with Crippen molar-refractivity contribution in [1.29, 1.82) is 0 Å². The molecule has 80 valence electrons. The molecule has 0 atom stereocenters. The van der Waals surface area contributed by atoms with Gasteiger partial charge in [-0.2, -0.15) is 0 Å². The first-order chi connectivity index (χ1) is 7.22. The second kappa shape index (κ2) is 6.07. The van der Waals surface area contributed by atoms with E-state index in [0.29, 0.717) is 0 Å². The summed E-state index contributed by atoms with van der Waals surface area (Å²) >= 11 is 0. The third-order valence-electron chi connectivity index (χ3n) is 2.15. The summed E-state index contributed by atoms with van der Waals surface area (Å²) in [7, 11) is 0. The summed E-state index contributed by atoms with van der Waals surface area (Å²) in [4.78, 5) is 0. The van der Waals surface area contributed by atoms with Crippen molar-refractivity contribution in [3.8, 4) is 0 Å². The minimum absolute atomic E-state index is 0.993. The highest BCUT2D eigenvalue weighted by Crippen LogP contribution is 1.99. The lowest BCUT2D eigenvalue weighted by molar-refractivity contribution is 0.516. The first kappa shape index (κ1) is 11.6. The second-order valence-electron chi connectivity index (χ2n) is 3.59. The van der Waals surface area contributed by atoms with Crippen molar-refractivity contribution in [2.45, 2.75) is 27.2 Å². The molecule has 1 heterocycles. The van der Waals surface area contributed by atoms with Gasteiger partial charge in [-0.15, -0.1) is 0 Å². The van der Waals surface area contributed by atoms with E-state index < -0.39 is 0 Å². The molecule has 0 saturated carbocycles. The molecule has 1 aromatic carbocycles. The van der Waals surface area contributed by atoms with Gasteiger partial charge in [0.25, 0.3) is 0 Å². The highest BCUT2D eigenvalue weighted by molar-refractivity contribution is 5.19. The molecule has 2 rings (SSSR count). The molecule has 1 nitrogen and oxygen atoms in total. The predicted octanol–water partition coefficient (Wildman–Crippen LogP) is 4.15. The Balaban J connectivity index is 0.000000151. The van der Waals surface area contributed by atoms with Crippen LogP contribution in [-0.4, -0.2) is 0 Å². The molecule has 0 unspecified atom stereocenters. The molecule has 0 spiro atoms. The first-order valence-electron chi connectivity index (χ1n) is 5.28. The van der Waals surface area contributed by atoms with Crippen LogP contribution < -0.4 is 0 Å². The van der Waals surface area contributed by atoms with E-state index in [9.17, 15) is 0 Å². The zero-order chi connectivity index (χ0) is 11.1. The lowest BCUT2D eigenvalue weighted by atomic mass is 10.2. The lowest BCUT2D eigenvalue weighted by Gasteiger charge is -1.90. The van der Waals surface area contributed by atoms with Gasteiger partial charge >= 0.3 is 0 Å². The monoisotopic (exact) mass is 202 g/mol. The van der Waals surface area contributed by atoms with Gasteiger partial charge in [0.1, 0.15) is 5.76 Å². The van der Waals surface area contributed by atoms with E-state index in [0.717, 1.165) is 12.2 Å². The fourth-order valence-electron chi connectivity index (χ4n) is 1.15. The normalized spacial score (nSPS) is 9.27. The maximum absolute atomic E-state index is 4.98. The van der Waals surface area contributed by atoms with Crippen LogP contribution in [0.5, 0.6) is 0 Å². The molecule has 0 amide bonds. The van der Waals surface area contributed by atoms with Crippen LogP contribution >= 0.6 is 0 Å². The Kier molecular flexibility index (Phi) is 4.69.